The Morgan fingerprint density at radius 1 is 0.957 bits per heavy atom. The van der Waals surface area contributed by atoms with E-state index < -0.39 is 16.9 Å². The third kappa shape index (κ3) is 4.91. The number of nitrogens with one attached hydrogen (secondary N) is 1. The molecule has 3 N–H and O–H groups in total. The van der Waals surface area contributed by atoms with Crippen LogP contribution in [0, 0.1) is 50.2 Å². The van der Waals surface area contributed by atoms with E-state index in [9.17, 15) is 15.0 Å². The number of allylic oxidation sites excluding steroid dienone is 2. The van der Waals surface area contributed by atoms with Gasteiger partial charge in [-0.05, 0) is 109 Å². The van der Waals surface area contributed by atoms with Crippen molar-refractivity contribution in [2.45, 2.75) is 125 Å². The van der Waals surface area contributed by atoms with Crippen LogP contribution in [-0.4, -0.2) is 43.8 Å². The Balaban J connectivity index is 1.16. The maximum Gasteiger partial charge on any atom is 0.227 e. The Morgan fingerprint density at radius 2 is 1.70 bits per heavy atom. The van der Waals surface area contributed by atoms with Gasteiger partial charge in [0.2, 0.25) is 5.91 Å². The topological polar surface area (TPSA) is 100 Å². The van der Waals surface area contributed by atoms with Gasteiger partial charge in [0.25, 0.3) is 0 Å². The van der Waals surface area contributed by atoms with Gasteiger partial charge >= 0.3 is 0 Å². The highest BCUT2D eigenvalue weighted by atomic mass is 16.3. The molecule has 1 heterocycles. The van der Waals surface area contributed by atoms with Crippen molar-refractivity contribution in [3.05, 3.63) is 59.4 Å². The maximum atomic E-state index is 14.5. The third-order valence-corrected chi connectivity index (χ3v) is 15.4. The quantitative estimate of drug-likeness (QED) is 0.293. The lowest BCUT2D eigenvalue weighted by Gasteiger charge is -2.71. The highest BCUT2D eigenvalue weighted by Gasteiger charge is 2.69. The first-order valence-electron chi connectivity index (χ1n) is 18.4. The van der Waals surface area contributed by atoms with E-state index in [4.69, 9.17) is 0 Å². The first-order chi connectivity index (χ1) is 22.2. The molecule has 0 unspecified atom stereocenters. The number of hydrogen-bond donors (Lipinski definition) is 3. The summed E-state index contributed by atoms with van der Waals surface area (Å²) in [5.74, 6) is 1.24. The number of aliphatic hydroxyl groups is 2. The van der Waals surface area contributed by atoms with Crippen molar-refractivity contribution < 1.29 is 15.0 Å². The summed E-state index contributed by atoms with van der Waals surface area (Å²) >= 11 is 0. The minimum absolute atomic E-state index is 0.0254. The van der Waals surface area contributed by atoms with Crippen molar-refractivity contribution in [2.24, 2.45) is 50.2 Å². The van der Waals surface area contributed by atoms with Crippen LogP contribution in [0.3, 0.4) is 0 Å². The molecule has 5 aliphatic rings. The molecule has 0 bridgehead atoms. The van der Waals surface area contributed by atoms with Crippen LogP contribution in [0.1, 0.15) is 117 Å². The van der Waals surface area contributed by atoms with Crippen molar-refractivity contribution in [2.75, 3.05) is 6.61 Å². The van der Waals surface area contributed by atoms with Gasteiger partial charge in [0.15, 0.2) is 0 Å². The minimum Gasteiger partial charge on any atom is -0.396 e. The van der Waals surface area contributed by atoms with Gasteiger partial charge in [-0.1, -0.05) is 88.7 Å². The zero-order valence-corrected chi connectivity index (χ0v) is 29.7. The van der Waals surface area contributed by atoms with E-state index in [1.807, 2.05) is 29.1 Å². The number of carbonyl (C=O) groups excluding carboxylic acids is 1. The lowest BCUT2D eigenvalue weighted by molar-refractivity contribution is -0.215. The van der Waals surface area contributed by atoms with Gasteiger partial charge in [-0.3, -0.25) is 4.79 Å². The van der Waals surface area contributed by atoms with E-state index in [1.54, 1.807) is 5.57 Å². The fourth-order valence-corrected chi connectivity index (χ4v) is 12.3. The molecule has 9 atom stereocenters. The monoisotopic (exact) mass is 642 g/mol. The molecule has 7 rings (SSSR count). The second kappa shape index (κ2) is 11.3. The number of hydrogen-bond acceptors (Lipinski definition) is 5. The second-order valence-corrected chi connectivity index (χ2v) is 18.2. The smallest absolute Gasteiger partial charge is 0.227 e. The summed E-state index contributed by atoms with van der Waals surface area (Å²) in [6, 6.07) is 10.3. The summed E-state index contributed by atoms with van der Waals surface area (Å²) < 4.78 is 1.85. The molecule has 47 heavy (non-hydrogen) atoms. The molecule has 256 valence electrons. The van der Waals surface area contributed by atoms with Crippen LogP contribution < -0.4 is 5.32 Å². The summed E-state index contributed by atoms with van der Waals surface area (Å²) in [7, 11) is 0. The van der Waals surface area contributed by atoms with E-state index in [2.05, 4.69) is 75.4 Å². The number of aliphatic hydroxyl groups excluding tert-OH is 2. The van der Waals surface area contributed by atoms with E-state index >= 15 is 0 Å². The zero-order chi connectivity index (χ0) is 33.5. The van der Waals surface area contributed by atoms with Crippen LogP contribution >= 0.6 is 0 Å². The van der Waals surface area contributed by atoms with Crippen molar-refractivity contribution >= 4 is 5.91 Å². The Kier molecular flexibility index (Phi) is 7.91. The van der Waals surface area contributed by atoms with Crippen LogP contribution in [0.15, 0.2) is 48.2 Å². The van der Waals surface area contributed by atoms with Gasteiger partial charge in [-0.25, -0.2) is 4.68 Å². The van der Waals surface area contributed by atoms with Gasteiger partial charge < -0.3 is 15.5 Å². The van der Waals surface area contributed by atoms with Gasteiger partial charge in [0.1, 0.15) is 5.69 Å². The number of amides is 1. The Bertz CT molecular complexity index is 1530. The molecule has 1 aromatic carbocycles. The van der Waals surface area contributed by atoms with Crippen molar-refractivity contribution in [3.63, 3.8) is 0 Å². The first kappa shape index (κ1) is 33.0. The van der Waals surface area contributed by atoms with E-state index in [0.29, 0.717) is 24.9 Å². The molecule has 7 heteroatoms. The molecule has 4 fully saturated rings. The summed E-state index contributed by atoms with van der Waals surface area (Å²) in [6.45, 7) is 15.7. The summed E-state index contributed by atoms with van der Waals surface area (Å²) in [4.78, 5) is 14.5. The van der Waals surface area contributed by atoms with Gasteiger partial charge in [0.05, 0.1) is 37.4 Å². The SMILES string of the molecule is CC1(C)CC[C@]2(C(=O)NCc3cn(Cc4ccccc4)nn3)CC[C@]3(C)C(=CC[C@@H]4[C@@]5(C)CC[C@H](O)[C@@](C)(CO)[C@@H]5CC[C@]43C)[C@@H]2C1. The summed E-state index contributed by atoms with van der Waals surface area (Å²) in [5, 5.41) is 33.8. The Morgan fingerprint density at radius 3 is 2.45 bits per heavy atom. The minimum atomic E-state index is -0.445. The molecule has 2 aromatic rings. The van der Waals surface area contributed by atoms with Crippen molar-refractivity contribution in [1.82, 2.24) is 20.3 Å². The van der Waals surface area contributed by atoms with E-state index in [0.717, 1.165) is 69.9 Å². The standard InChI is InChI=1S/C40H58N4O3/c1-35(2)18-20-40(34(47)41-23-28-25-44(43-42-28)24-27-10-8-7-9-11-27)21-19-38(5)29(30(40)22-35)12-13-32-36(3)16-15-33(46)37(4,26-45)31(36)14-17-39(32,38)6/h7-12,25,30-33,45-46H,13-24,26H2,1-6H3,(H,41,47)/t30-,31+,32+,33-,36-,37-,38+,39+,40-/m0/s1. The van der Waals surface area contributed by atoms with Crippen LogP contribution in [-0.2, 0) is 17.9 Å². The van der Waals surface area contributed by atoms with Gasteiger partial charge in [-0.2, -0.15) is 0 Å². The summed E-state index contributed by atoms with van der Waals surface area (Å²) in [6.07, 6.45) is 14.1. The number of aromatic nitrogens is 3. The first-order valence-corrected chi connectivity index (χ1v) is 18.4. The summed E-state index contributed by atoms with van der Waals surface area (Å²) in [5.41, 5.74) is 3.09. The molecule has 1 aromatic heterocycles. The highest BCUT2D eigenvalue weighted by Crippen LogP contribution is 2.75. The second-order valence-electron chi connectivity index (χ2n) is 18.2. The number of rotatable bonds is 6. The molecular formula is C40H58N4O3. The molecule has 7 nitrogen and oxygen atoms in total. The highest BCUT2D eigenvalue weighted by molar-refractivity contribution is 5.84. The fourth-order valence-electron chi connectivity index (χ4n) is 12.3. The average molecular weight is 643 g/mol. The van der Waals surface area contributed by atoms with Crippen LogP contribution in [0.4, 0.5) is 0 Å². The van der Waals surface area contributed by atoms with Crippen molar-refractivity contribution in [3.8, 4) is 0 Å². The Hall–Kier alpha value is -2.51. The number of fused-ring (bicyclic) bond motifs is 7. The average Bonchev–Trinajstić information content (AvgIpc) is 3.49. The van der Waals surface area contributed by atoms with Crippen LogP contribution in [0.5, 0.6) is 0 Å². The number of carbonyl (C=O) groups is 1. The zero-order valence-electron chi connectivity index (χ0n) is 29.7. The molecular weight excluding hydrogens is 584 g/mol. The molecule has 0 spiro atoms. The predicted octanol–water partition coefficient (Wildman–Crippen LogP) is 7.08. The van der Waals surface area contributed by atoms with Crippen molar-refractivity contribution in [1.29, 1.82) is 0 Å². The van der Waals surface area contributed by atoms with Gasteiger partial charge in [0, 0.05) is 5.41 Å². The molecule has 0 radical (unpaired) electrons. The lowest BCUT2D eigenvalue weighted by Crippen LogP contribution is -2.66. The van der Waals surface area contributed by atoms with E-state index in [-0.39, 0.29) is 40.1 Å². The predicted molar refractivity (Wildman–Crippen MR) is 184 cm³/mol. The molecule has 5 aliphatic carbocycles. The molecule has 4 saturated carbocycles. The molecule has 1 amide bonds. The largest absolute Gasteiger partial charge is 0.396 e. The maximum absolute atomic E-state index is 14.5. The Labute approximate surface area is 282 Å². The molecule has 0 aliphatic heterocycles. The number of nitrogens with zero attached hydrogens (tertiary/aromatic N) is 3. The molecule has 0 saturated heterocycles. The van der Waals surface area contributed by atoms with Gasteiger partial charge in [-0.15, -0.1) is 5.10 Å². The fraction of sp³-hybridized carbons (Fsp3) is 0.725. The van der Waals surface area contributed by atoms with Crippen LogP contribution in [0.25, 0.3) is 0 Å². The lowest BCUT2D eigenvalue weighted by atomic mass is 9.33. The normalized spacial score (nSPS) is 42.3. The van der Waals surface area contributed by atoms with Crippen LogP contribution in [0.2, 0.25) is 0 Å². The third-order valence-electron chi connectivity index (χ3n) is 15.4. The van der Waals surface area contributed by atoms with E-state index in [1.165, 1.54) is 5.56 Å². The number of benzene rings is 1.